The fourth-order valence-corrected chi connectivity index (χ4v) is 3.07. The maximum absolute atomic E-state index is 12.4. The van der Waals surface area contributed by atoms with Gasteiger partial charge in [-0.05, 0) is 49.6 Å². The van der Waals surface area contributed by atoms with Crippen LogP contribution in [0.3, 0.4) is 0 Å². The second-order valence-electron chi connectivity index (χ2n) is 4.99. The van der Waals surface area contributed by atoms with Crippen molar-refractivity contribution < 1.29 is 9.69 Å². The molecule has 1 heterocycles. The molecule has 112 valence electrons. The molecular formula is C16H20ClN2OS+. The Balaban J connectivity index is 1.97. The third-order valence-electron chi connectivity index (χ3n) is 3.55. The monoisotopic (exact) mass is 323 g/mol. The zero-order valence-electron chi connectivity index (χ0n) is 12.2. The van der Waals surface area contributed by atoms with E-state index in [1.807, 2.05) is 25.1 Å². The van der Waals surface area contributed by atoms with Crippen LogP contribution in [-0.4, -0.2) is 18.5 Å². The maximum Gasteiger partial charge on any atom is 0.282 e. The summed E-state index contributed by atoms with van der Waals surface area (Å²) in [6.07, 6.45) is 0. The van der Waals surface area contributed by atoms with Gasteiger partial charge in [-0.2, -0.15) is 0 Å². The van der Waals surface area contributed by atoms with Crippen LogP contribution in [0.2, 0.25) is 5.02 Å². The number of quaternary nitrogens is 1. The Bertz CT molecular complexity index is 568. The first kappa shape index (κ1) is 16.0. The molecule has 0 saturated carbocycles. The molecule has 2 N–H and O–H groups in total. The summed E-state index contributed by atoms with van der Waals surface area (Å²) in [5.41, 5.74) is 0.780. The molecule has 1 aromatic carbocycles. The van der Waals surface area contributed by atoms with Crippen LogP contribution < -0.4 is 10.2 Å². The molecule has 2 atom stereocenters. The lowest BCUT2D eigenvalue weighted by atomic mass is 10.2. The van der Waals surface area contributed by atoms with E-state index in [-0.39, 0.29) is 11.9 Å². The van der Waals surface area contributed by atoms with Crippen LogP contribution >= 0.6 is 22.9 Å². The summed E-state index contributed by atoms with van der Waals surface area (Å²) in [6, 6.07) is 11.2. The largest absolute Gasteiger partial charge is 0.321 e. The molecule has 1 unspecified atom stereocenters. The van der Waals surface area contributed by atoms with Gasteiger partial charge in [0, 0.05) is 10.7 Å². The molecule has 21 heavy (non-hydrogen) atoms. The Morgan fingerprint density at radius 1 is 1.33 bits per heavy atom. The highest BCUT2D eigenvalue weighted by molar-refractivity contribution is 7.09. The van der Waals surface area contributed by atoms with Crippen molar-refractivity contribution in [1.29, 1.82) is 0 Å². The lowest BCUT2D eigenvalue weighted by Crippen LogP contribution is -3.15. The number of anilines is 1. The van der Waals surface area contributed by atoms with Crippen molar-refractivity contribution in [3.63, 3.8) is 0 Å². The molecule has 3 nitrogen and oxygen atoms in total. The average Bonchev–Trinajstić information content (AvgIpc) is 2.99. The Morgan fingerprint density at radius 2 is 2.05 bits per heavy atom. The number of benzene rings is 1. The van der Waals surface area contributed by atoms with E-state index in [0.717, 1.165) is 18.8 Å². The van der Waals surface area contributed by atoms with Crippen LogP contribution in [0.1, 0.15) is 18.7 Å². The molecular weight excluding hydrogens is 304 g/mol. The van der Waals surface area contributed by atoms with Crippen molar-refractivity contribution in [2.45, 2.75) is 26.4 Å². The number of nitrogens with one attached hydrogen (secondary N) is 2. The van der Waals surface area contributed by atoms with Crippen LogP contribution in [0, 0.1) is 0 Å². The smallest absolute Gasteiger partial charge is 0.282 e. The summed E-state index contributed by atoms with van der Waals surface area (Å²) < 4.78 is 0. The first-order chi connectivity index (χ1) is 10.1. The number of likely N-dealkylation sites (N-methyl/N-ethyl adjacent to an activating group) is 1. The highest BCUT2D eigenvalue weighted by Crippen LogP contribution is 2.13. The van der Waals surface area contributed by atoms with Crippen LogP contribution in [0.25, 0.3) is 0 Å². The molecule has 0 fully saturated rings. The van der Waals surface area contributed by atoms with E-state index in [2.05, 4.69) is 23.7 Å². The van der Waals surface area contributed by atoms with Gasteiger partial charge in [-0.1, -0.05) is 17.7 Å². The van der Waals surface area contributed by atoms with Crippen LogP contribution in [0.4, 0.5) is 5.69 Å². The molecule has 0 aliphatic heterocycles. The van der Waals surface area contributed by atoms with E-state index in [1.165, 1.54) is 9.78 Å². The van der Waals surface area contributed by atoms with E-state index in [0.29, 0.717) is 5.02 Å². The van der Waals surface area contributed by atoms with Crippen molar-refractivity contribution in [1.82, 2.24) is 0 Å². The maximum atomic E-state index is 12.4. The number of thiophene rings is 1. The quantitative estimate of drug-likeness (QED) is 0.842. The fraction of sp³-hybridized carbons (Fsp3) is 0.312. The molecule has 2 aromatic rings. The molecule has 0 saturated heterocycles. The summed E-state index contributed by atoms with van der Waals surface area (Å²) in [5.74, 6) is 0.0331. The lowest BCUT2D eigenvalue weighted by molar-refractivity contribution is -0.925. The van der Waals surface area contributed by atoms with Crippen LogP contribution in [0.15, 0.2) is 41.8 Å². The Labute approximate surface area is 134 Å². The summed E-state index contributed by atoms with van der Waals surface area (Å²) in [4.78, 5) is 14.9. The molecule has 0 aliphatic carbocycles. The Morgan fingerprint density at radius 3 is 2.62 bits per heavy atom. The van der Waals surface area contributed by atoms with Crippen molar-refractivity contribution >= 4 is 34.5 Å². The van der Waals surface area contributed by atoms with Gasteiger partial charge in [0.15, 0.2) is 6.04 Å². The third-order valence-corrected chi connectivity index (χ3v) is 4.68. The van der Waals surface area contributed by atoms with Gasteiger partial charge in [0.25, 0.3) is 5.91 Å². The molecule has 0 spiro atoms. The minimum Gasteiger partial charge on any atom is -0.321 e. The molecule has 0 radical (unpaired) electrons. The second-order valence-corrected chi connectivity index (χ2v) is 6.45. The van der Waals surface area contributed by atoms with Crippen LogP contribution in [0.5, 0.6) is 0 Å². The van der Waals surface area contributed by atoms with Gasteiger partial charge < -0.3 is 10.2 Å². The van der Waals surface area contributed by atoms with E-state index < -0.39 is 0 Å². The molecule has 1 amide bonds. The first-order valence-electron chi connectivity index (χ1n) is 7.03. The Hall–Kier alpha value is -1.36. The molecule has 2 rings (SSSR count). The van der Waals surface area contributed by atoms with Gasteiger partial charge in [0.1, 0.15) is 6.54 Å². The second kappa shape index (κ2) is 7.59. The van der Waals surface area contributed by atoms with Gasteiger partial charge in [-0.15, -0.1) is 11.3 Å². The SMILES string of the molecule is CC[NH+](Cc1cccs1)[C@H](C)C(=O)Nc1ccc(Cl)cc1. The van der Waals surface area contributed by atoms with Gasteiger partial charge in [-0.25, -0.2) is 0 Å². The van der Waals surface area contributed by atoms with E-state index in [9.17, 15) is 4.79 Å². The summed E-state index contributed by atoms with van der Waals surface area (Å²) >= 11 is 7.58. The van der Waals surface area contributed by atoms with Gasteiger partial charge >= 0.3 is 0 Å². The van der Waals surface area contributed by atoms with Gasteiger partial charge in [-0.3, -0.25) is 4.79 Å². The Kier molecular flexibility index (Phi) is 5.79. The normalized spacial score (nSPS) is 13.7. The van der Waals surface area contributed by atoms with Crippen molar-refractivity contribution in [2.24, 2.45) is 0 Å². The predicted octanol–water partition coefficient (Wildman–Crippen LogP) is 2.83. The number of carbonyl (C=O) groups is 1. The van der Waals surface area contributed by atoms with Crippen LogP contribution in [-0.2, 0) is 11.3 Å². The van der Waals surface area contributed by atoms with E-state index in [1.54, 1.807) is 23.5 Å². The minimum absolute atomic E-state index is 0.0331. The number of rotatable bonds is 6. The summed E-state index contributed by atoms with van der Waals surface area (Å²) in [6.45, 7) is 5.86. The minimum atomic E-state index is -0.104. The third kappa shape index (κ3) is 4.56. The van der Waals surface area contributed by atoms with E-state index >= 15 is 0 Å². The summed E-state index contributed by atoms with van der Waals surface area (Å²) in [5, 5.41) is 5.69. The zero-order chi connectivity index (χ0) is 15.2. The number of amides is 1. The molecule has 0 bridgehead atoms. The summed E-state index contributed by atoms with van der Waals surface area (Å²) in [7, 11) is 0. The lowest BCUT2D eigenvalue weighted by Gasteiger charge is -2.23. The zero-order valence-corrected chi connectivity index (χ0v) is 13.8. The van der Waals surface area contributed by atoms with Gasteiger partial charge in [0.05, 0.1) is 11.4 Å². The molecule has 1 aromatic heterocycles. The predicted molar refractivity (Wildman–Crippen MR) is 89.1 cm³/mol. The van der Waals surface area contributed by atoms with Crippen molar-refractivity contribution in [2.75, 3.05) is 11.9 Å². The highest BCUT2D eigenvalue weighted by atomic mass is 35.5. The standard InChI is InChI=1S/C16H19ClN2OS/c1-3-19(11-15-5-4-10-21-15)12(2)16(20)18-14-8-6-13(17)7-9-14/h4-10,12H,3,11H2,1-2H3,(H,18,20)/p+1/t12-/m1/s1. The number of hydrogen-bond donors (Lipinski definition) is 2. The number of carbonyl (C=O) groups excluding carboxylic acids is 1. The van der Waals surface area contributed by atoms with Gasteiger partial charge in [0.2, 0.25) is 0 Å². The first-order valence-corrected chi connectivity index (χ1v) is 8.29. The highest BCUT2D eigenvalue weighted by Gasteiger charge is 2.24. The number of hydrogen-bond acceptors (Lipinski definition) is 2. The molecule has 5 heteroatoms. The van der Waals surface area contributed by atoms with E-state index in [4.69, 9.17) is 11.6 Å². The average molecular weight is 324 g/mol. The topological polar surface area (TPSA) is 33.5 Å². The van der Waals surface area contributed by atoms with Crippen molar-refractivity contribution in [3.8, 4) is 0 Å². The molecule has 0 aliphatic rings. The number of halogens is 1. The fourth-order valence-electron chi connectivity index (χ4n) is 2.19. The van der Waals surface area contributed by atoms with Crippen molar-refractivity contribution in [3.05, 3.63) is 51.7 Å².